The summed E-state index contributed by atoms with van der Waals surface area (Å²) in [6, 6.07) is 26.9. The van der Waals surface area contributed by atoms with Crippen LogP contribution in [0.3, 0.4) is 0 Å². The highest BCUT2D eigenvalue weighted by Gasteiger charge is 2.25. The molecule has 1 aromatic heterocycles. The molecule has 1 unspecified atom stereocenters. The predicted octanol–water partition coefficient (Wildman–Crippen LogP) is 5.87. The molecule has 37 heavy (non-hydrogen) atoms. The van der Waals surface area contributed by atoms with Gasteiger partial charge < -0.3 is 15.0 Å². The van der Waals surface area contributed by atoms with Crippen molar-refractivity contribution in [2.45, 2.75) is 25.6 Å². The number of ether oxygens (including phenoxy) is 1. The minimum absolute atomic E-state index is 0.0930. The molecule has 3 aromatic carbocycles. The second-order valence-electron chi connectivity index (χ2n) is 9.51. The highest BCUT2D eigenvalue weighted by molar-refractivity contribution is 7.12. The van der Waals surface area contributed by atoms with Crippen molar-refractivity contribution in [3.63, 3.8) is 0 Å². The molecular weight excluding hydrogens is 478 g/mol. The first-order chi connectivity index (χ1) is 18.0. The molecule has 1 aliphatic heterocycles. The Morgan fingerprint density at radius 1 is 1.00 bits per heavy atom. The molecule has 0 bridgehead atoms. The summed E-state index contributed by atoms with van der Waals surface area (Å²) in [5.41, 5.74) is 3.52. The molecule has 1 fully saturated rings. The van der Waals surface area contributed by atoms with E-state index in [1.54, 1.807) is 11.3 Å². The molecule has 1 amide bonds. The van der Waals surface area contributed by atoms with Gasteiger partial charge in [-0.15, -0.1) is 11.3 Å². The quantitative estimate of drug-likeness (QED) is 0.330. The van der Waals surface area contributed by atoms with Gasteiger partial charge in [0.2, 0.25) is 0 Å². The number of likely N-dealkylation sites (tertiary alicyclic amines) is 1. The van der Waals surface area contributed by atoms with Crippen LogP contribution >= 0.6 is 11.3 Å². The van der Waals surface area contributed by atoms with Crippen LogP contribution in [0.4, 0.5) is 10.5 Å². The van der Waals surface area contributed by atoms with Crippen molar-refractivity contribution in [1.29, 1.82) is 0 Å². The van der Waals surface area contributed by atoms with Gasteiger partial charge in [-0.05, 0) is 47.7 Å². The number of fused-ring (bicyclic) bond motifs is 1. The molecule has 0 radical (unpaired) electrons. The zero-order valence-corrected chi connectivity index (χ0v) is 22.1. The summed E-state index contributed by atoms with van der Waals surface area (Å²) in [7, 11) is 4.16. The first-order valence-electron chi connectivity index (χ1n) is 12.5. The van der Waals surface area contributed by atoms with E-state index < -0.39 is 0 Å². The lowest BCUT2D eigenvalue weighted by Crippen LogP contribution is -2.37. The van der Waals surface area contributed by atoms with Crippen LogP contribution in [0.5, 0.6) is 0 Å². The number of carbonyl (C=O) groups is 1. The summed E-state index contributed by atoms with van der Waals surface area (Å²) in [4.78, 5) is 18.9. The number of benzene rings is 3. The van der Waals surface area contributed by atoms with Gasteiger partial charge in [-0.25, -0.2) is 4.79 Å². The van der Waals surface area contributed by atoms with Gasteiger partial charge in [-0.3, -0.25) is 4.90 Å². The van der Waals surface area contributed by atoms with Gasteiger partial charge in [0.05, 0.1) is 4.88 Å². The molecule has 1 atom stereocenters. The largest absolute Gasteiger partial charge is 0.444 e. The van der Waals surface area contributed by atoms with Crippen molar-refractivity contribution in [3.8, 4) is 11.8 Å². The summed E-state index contributed by atoms with van der Waals surface area (Å²) in [5, 5.41) is 5.60. The topological polar surface area (TPSA) is 44.8 Å². The van der Waals surface area contributed by atoms with Crippen LogP contribution in [0.2, 0.25) is 0 Å². The Morgan fingerprint density at radius 3 is 2.59 bits per heavy atom. The van der Waals surface area contributed by atoms with Gasteiger partial charge in [0.25, 0.3) is 0 Å². The molecule has 0 aliphatic carbocycles. The van der Waals surface area contributed by atoms with E-state index in [-0.39, 0.29) is 18.7 Å². The summed E-state index contributed by atoms with van der Waals surface area (Å²) in [5.74, 6) is 6.34. The number of thiophene rings is 1. The average molecular weight is 510 g/mol. The molecule has 1 saturated heterocycles. The Balaban J connectivity index is 1.11. The molecular formula is C31H31N3O2S. The minimum Gasteiger partial charge on any atom is -0.444 e. The second kappa shape index (κ2) is 11.5. The fourth-order valence-electron chi connectivity index (χ4n) is 4.73. The standard InChI is InChI=1S/C31H31N3O2S/c1-33(2)30-17-13-24(28-10-6-7-11-29(28)30)20-34-19-18-25(21-34)32-31(35)36-22-27-16-15-26(37-27)14-12-23-8-4-3-5-9-23/h3-11,13,15-17,25H,18-22H2,1-2H3,(H,32,35). The van der Waals surface area contributed by atoms with Crippen LogP contribution in [0, 0.1) is 11.8 Å². The predicted molar refractivity (Wildman–Crippen MR) is 152 cm³/mol. The van der Waals surface area contributed by atoms with Gasteiger partial charge >= 0.3 is 6.09 Å². The van der Waals surface area contributed by atoms with Crippen LogP contribution in [-0.4, -0.2) is 44.2 Å². The lowest BCUT2D eigenvalue weighted by Gasteiger charge is -2.21. The van der Waals surface area contributed by atoms with Crippen molar-refractivity contribution in [2.24, 2.45) is 0 Å². The van der Waals surface area contributed by atoms with E-state index in [2.05, 4.69) is 77.5 Å². The van der Waals surface area contributed by atoms with Gasteiger partial charge in [-0.2, -0.15) is 0 Å². The van der Waals surface area contributed by atoms with Crippen molar-refractivity contribution >= 4 is 33.9 Å². The van der Waals surface area contributed by atoms with E-state index in [0.29, 0.717) is 0 Å². The van der Waals surface area contributed by atoms with Gasteiger partial charge in [-0.1, -0.05) is 60.4 Å². The summed E-state index contributed by atoms with van der Waals surface area (Å²) >= 11 is 1.55. The van der Waals surface area contributed by atoms with E-state index >= 15 is 0 Å². The Hall–Kier alpha value is -3.79. The number of hydrogen-bond donors (Lipinski definition) is 1. The maximum absolute atomic E-state index is 12.5. The van der Waals surface area contributed by atoms with Crippen molar-refractivity contribution < 1.29 is 9.53 Å². The molecule has 1 aliphatic rings. The average Bonchev–Trinajstić information content (AvgIpc) is 3.56. The van der Waals surface area contributed by atoms with E-state index in [1.807, 2.05) is 42.5 Å². The molecule has 0 spiro atoms. The van der Waals surface area contributed by atoms with E-state index in [9.17, 15) is 4.79 Å². The summed E-state index contributed by atoms with van der Waals surface area (Å²) in [6.07, 6.45) is 0.555. The normalized spacial score (nSPS) is 15.2. The number of hydrogen-bond acceptors (Lipinski definition) is 5. The molecule has 188 valence electrons. The highest BCUT2D eigenvalue weighted by atomic mass is 32.1. The fraction of sp³-hybridized carbons (Fsp3) is 0.258. The fourth-order valence-corrected chi connectivity index (χ4v) is 5.51. The number of carbonyl (C=O) groups excluding carboxylic acids is 1. The van der Waals surface area contributed by atoms with Crippen molar-refractivity contribution in [1.82, 2.24) is 10.2 Å². The monoisotopic (exact) mass is 509 g/mol. The number of rotatable bonds is 6. The zero-order valence-electron chi connectivity index (χ0n) is 21.2. The zero-order chi connectivity index (χ0) is 25.6. The Morgan fingerprint density at radius 2 is 1.78 bits per heavy atom. The van der Waals surface area contributed by atoms with E-state index in [4.69, 9.17) is 4.74 Å². The van der Waals surface area contributed by atoms with Gasteiger partial charge in [0.1, 0.15) is 6.61 Å². The van der Waals surface area contributed by atoms with Crippen LogP contribution in [0.15, 0.2) is 78.9 Å². The first kappa shape index (κ1) is 24.9. The molecule has 5 nitrogen and oxygen atoms in total. The third kappa shape index (κ3) is 6.32. The molecule has 5 rings (SSSR count). The van der Waals surface area contributed by atoms with Gasteiger partial charge in [0.15, 0.2) is 0 Å². The molecule has 2 heterocycles. The van der Waals surface area contributed by atoms with Crippen molar-refractivity contribution in [2.75, 3.05) is 32.1 Å². The smallest absolute Gasteiger partial charge is 0.407 e. The summed E-state index contributed by atoms with van der Waals surface area (Å²) < 4.78 is 5.50. The summed E-state index contributed by atoms with van der Waals surface area (Å²) in [6.45, 7) is 2.88. The highest BCUT2D eigenvalue weighted by Crippen LogP contribution is 2.29. The number of nitrogens with one attached hydrogen (secondary N) is 1. The third-order valence-electron chi connectivity index (χ3n) is 6.57. The third-order valence-corrected chi connectivity index (χ3v) is 7.55. The Bertz CT molecular complexity index is 1440. The SMILES string of the molecule is CN(C)c1ccc(CN2CCC(NC(=O)OCc3ccc(C#Cc4ccccc4)s3)C2)c2ccccc12. The molecule has 6 heteroatoms. The van der Waals surface area contributed by atoms with Crippen LogP contribution in [-0.2, 0) is 17.9 Å². The van der Waals surface area contributed by atoms with Crippen LogP contribution in [0.25, 0.3) is 10.8 Å². The maximum Gasteiger partial charge on any atom is 0.407 e. The van der Waals surface area contributed by atoms with Gasteiger partial charge in [0, 0.05) is 61.3 Å². The lowest BCUT2D eigenvalue weighted by atomic mass is 10.0. The number of amides is 1. The van der Waals surface area contributed by atoms with E-state index in [1.165, 1.54) is 22.0 Å². The molecule has 0 saturated carbocycles. The lowest BCUT2D eigenvalue weighted by molar-refractivity contribution is 0.136. The van der Waals surface area contributed by atoms with E-state index in [0.717, 1.165) is 41.4 Å². The molecule has 1 N–H and O–H groups in total. The van der Waals surface area contributed by atoms with Crippen LogP contribution < -0.4 is 10.2 Å². The maximum atomic E-state index is 12.5. The minimum atomic E-state index is -0.363. The van der Waals surface area contributed by atoms with Crippen LogP contribution in [0.1, 0.15) is 27.3 Å². The number of anilines is 1. The van der Waals surface area contributed by atoms with Crippen molar-refractivity contribution in [3.05, 3.63) is 99.7 Å². The number of alkyl carbamates (subject to hydrolysis) is 1. The molecule has 4 aromatic rings. The Labute approximate surface area is 222 Å². The second-order valence-corrected chi connectivity index (χ2v) is 10.7. The first-order valence-corrected chi connectivity index (χ1v) is 13.4. The number of nitrogens with zero attached hydrogens (tertiary/aromatic N) is 2. The Kier molecular flexibility index (Phi) is 7.74.